The maximum Gasteiger partial charge on any atom is 0.309 e. The van der Waals surface area contributed by atoms with E-state index < -0.39 is 6.08 Å². The van der Waals surface area contributed by atoms with E-state index in [1.54, 1.807) is 6.07 Å². The standard InChI is InChI=1S/C18H17FN4/c1-3-13-14(4-2)21-17(12-8-6-5-7-9-12)23-16(13)15-10-11-20-18(19)22-15/h5-11H,3-4H2,1-2H3. The van der Waals surface area contributed by atoms with E-state index in [0.717, 1.165) is 29.7 Å². The third-order valence-electron chi connectivity index (χ3n) is 3.68. The monoisotopic (exact) mass is 308 g/mol. The molecule has 4 nitrogen and oxygen atoms in total. The molecule has 0 N–H and O–H groups in total. The highest BCUT2D eigenvalue weighted by atomic mass is 19.1. The smallest absolute Gasteiger partial charge is 0.233 e. The normalized spacial score (nSPS) is 10.7. The second kappa shape index (κ2) is 6.60. The average Bonchev–Trinajstić information content (AvgIpc) is 2.61. The van der Waals surface area contributed by atoms with Gasteiger partial charge in [0.1, 0.15) is 0 Å². The summed E-state index contributed by atoms with van der Waals surface area (Å²) in [7, 11) is 0. The van der Waals surface area contributed by atoms with Crippen LogP contribution in [0.2, 0.25) is 0 Å². The largest absolute Gasteiger partial charge is 0.309 e. The first kappa shape index (κ1) is 15.2. The molecule has 1 aromatic carbocycles. The van der Waals surface area contributed by atoms with E-state index in [2.05, 4.69) is 21.9 Å². The molecule has 0 saturated heterocycles. The van der Waals surface area contributed by atoms with Crippen molar-refractivity contribution in [3.8, 4) is 22.8 Å². The quantitative estimate of drug-likeness (QED) is 0.687. The van der Waals surface area contributed by atoms with Gasteiger partial charge in [0.05, 0.1) is 11.4 Å². The minimum atomic E-state index is -0.748. The molecule has 0 atom stereocenters. The molecule has 3 rings (SSSR count). The minimum absolute atomic E-state index is 0.489. The van der Waals surface area contributed by atoms with Crippen molar-refractivity contribution in [1.29, 1.82) is 0 Å². The number of rotatable bonds is 4. The second-order valence-corrected chi connectivity index (χ2v) is 5.11. The summed E-state index contributed by atoms with van der Waals surface area (Å²) in [6.07, 6.45) is 2.21. The van der Waals surface area contributed by atoms with Crippen LogP contribution in [0.4, 0.5) is 4.39 Å². The van der Waals surface area contributed by atoms with Crippen molar-refractivity contribution in [3.05, 3.63) is 59.9 Å². The van der Waals surface area contributed by atoms with Crippen LogP contribution in [0.15, 0.2) is 42.6 Å². The molecule has 0 unspecified atom stereocenters. The van der Waals surface area contributed by atoms with Gasteiger partial charge in [-0.25, -0.2) is 19.9 Å². The Labute approximate surface area is 134 Å². The Morgan fingerprint density at radius 1 is 0.913 bits per heavy atom. The minimum Gasteiger partial charge on any atom is -0.233 e. The fraction of sp³-hybridized carbons (Fsp3) is 0.222. The Hall–Kier alpha value is -2.69. The van der Waals surface area contributed by atoms with Gasteiger partial charge in [-0.15, -0.1) is 0 Å². The number of halogens is 1. The SMILES string of the molecule is CCc1nc(-c2ccccc2)nc(-c2ccnc(F)n2)c1CC. The van der Waals surface area contributed by atoms with Crippen molar-refractivity contribution < 1.29 is 4.39 Å². The third-order valence-corrected chi connectivity index (χ3v) is 3.68. The summed E-state index contributed by atoms with van der Waals surface area (Å²) in [4.78, 5) is 16.8. The van der Waals surface area contributed by atoms with Crippen molar-refractivity contribution in [2.45, 2.75) is 26.7 Å². The van der Waals surface area contributed by atoms with Gasteiger partial charge in [0.2, 0.25) is 0 Å². The van der Waals surface area contributed by atoms with Gasteiger partial charge in [0.25, 0.3) is 0 Å². The van der Waals surface area contributed by atoms with E-state index in [9.17, 15) is 4.39 Å². The highest BCUT2D eigenvalue weighted by Crippen LogP contribution is 2.26. The molecule has 0 spiro atoms. The van der Waals surface area contributed by atoms with Crippen LogP contribution in [-0.4, -0.2) is 19.9 Å². The molecule has 0 fully saturated rings. The lowest BCUT2D eigenvalue weighted by atomic mass is 10.0. The molecule has 0 amide bonds. The Morgan fingerprint density at radius 2 is 1.70 bits per heavy atom. The lowest BCUT2D eigenvalue weighted by Crippen LogP contribution is -2.06. The predicted molar refractivity (Wildman–Crippen MR) is 87.2 cm³/mol. The molecule has 0 saturated carbocycles. The van der Waals surface area contributed by atoms with Gasteiger partial charge >= 0.3 is 6.08 Å². The number of benzene rings is 1. The van der Waals surface area contributed by atoms with Crippen LogP contribution in [0, 0.1) is 6.08 Å². The maximum atomic E-state index is 13.4. The molecule has 2 aromatic heterocycles. The summed E-state index contributed by atoms with van der Waals surface area (Å²) in [5.74, 6) is 0.633. The van der Waals surface area contributed by atoms with E-state index in [1.807, 2.05) is 37.3 Å². The second-order valence-electron chi connectivity index (χ2n) is 5.11. The zero-order valence-electron chi connectivity index (χ0n) is 13.1. The van der Waals surface area contributed by atoms with Gasteiger partial charge in [0.15, 0.2) is 5.82 Å². The van der Waals surface area contributed by atoms with Crippen molar-refractivity contribution in [1.82, 2.24) is 19.9 Å². The highest BCUT2D eigenvalue weighted by molar-refractivity contribution is 5.65. The van der Waals surface area contributed by atoms with E-state index >= 15 is 0 Å². The number of hydrogen-bond donors (Lipinski definition) is 0. The van der Waals surface area contributed by atoms with Crippen LogP contribution in [0.3, 0.4) is 0 Å². The Balaban J connectivity index is 2.24. The molecule has 116 valence electrons. The zero-order chi connectivity index (χ0) is 16.2. The topological polar surface area (TPSA) is 51.6 Å². The van der Waals surface area contributed by atoms with Crippen LogP contribution >= 0.6 is 0 Å². The fourth-order valence-corrected chi connectivity index (χ4v) is 2.59. The first-order valence-corrected chi connectivity index (χ1v) is 7.67. The highest BCUT2D eigenvalue weighted by Gasteiger charge is 2.16. The summed E-state index contributed by atoms with van der Waals surface area (Å²) >= 11 is 0. The predicted octanol–water partition coefficient (Wildman–Crippen LogP) is 3.86. The van der Waals surface area contributed by atoms with Crippen molar-refractivity contribution >= 4 is 0 Å². The van der Waals surface area contributed by atoms with Gasteiger partial charge in [0, 0.05) is 23.0 Å². The van der Waals surface area contributed by atoms with Crippen molar-refractivity contribution in [2.75, 3.05) is 0 Å². The summed E-state index contributed by atoms with van der Waals surface area (Å²) in [6.45, 7) is 4.10. The molecule has 0 radical (unpaired) electrons. The molecular weight excluding hydrogens is 291 g/mol. The van der Waals surface area contributed by atoms with Crippen LogP contribution in [-0.2, 0) is 12.8 Å². The molecule has 3 aromatic rings. The lowest BCUT2D eigenvalue weighted by molar-refractivity contribution is 0.540. The Kier molecular flexibility index (Phi) is 4.37. The number of aromatic nitrogens is 4. The Bertz CT molecular complexity index is 819. The number of nitrogens with zero attached hydrogens (tertiary/aromatic N) is 4. The van der Waals surface area contributed by atoms with E-state index in [4.69, 9.17) is 4.98 Å². The Morgan fingerprint density at radius 3 is 2.35 bits per heavy atom. The van der Waals surface area contributed by atoms with Gasteiger partial charge < -0.3 is 0 Å². The molecule has 0 aliphatic carbocycles. The van der Waals surface area contributed by atoms with Crippen molar-refractivity contribution in [2.24, 2.45) is 0 Å². The first-order chi connectivity index (χ1) is 11.2. The van der Waals surface area contributed by atoms with E-state index in [1.165, 1.54) is 6.20 Å². The summed E-state index contributed by atoms with van der Waals surface area (Å²) in [5.41, 5.74) is 4.07. The summed E-state index contributed by atoms with van der Waals surface area (Å²) in [5, 5.41) is 0. The number of hydrogen-bond acceptors (Lipinski definition) is 4. The molecular formula is C18H17FN4. The van der Waals surface area contributed by atoms with Gasteiger partial charge in [-0.1, -0.05) is 44.2 Å². The average molecular weight is 308 g/mol. The van der Waals surface area contributed by atoms with Gasteiger partial charge in [-0.3, -0.25) is 0 Å². The van der Waals surface area contributed by atoms with E-state index in [0.29, 0.717) is 17.2 Å². The zero-order valence-corrected chi connectivity index (χ0v) is 13.1. The third kappa shape index (κ3) is 3.08. The van der Waals surface area contributed by atoms with Crippen LogP contribution in [0.25, 0.3) is 22.8 Å². The molecule has 0 aliphatic heterocycles. The maximum absolute atomic E-state index is 13.4. The van der Waals surface area contributed by atoms with Crippen LogP contribution in [0.1, 0.15) is 25.1 Å². The molecule has 5 heteroatoms. The first-order valence-electron chi connectivity index (χ1n) is 7.67. The van der Waals surface area contributed by atoms with Crippen LogP contribution in [0.5, 0.6) is 0 Å². The molecule has 23 heavy (non-hydrogen) atoms. The fourth-order valence-electron chi connectivity index (χ4n) is 2.59. The van der Waals surface area contributed by atoms with Crippen LogP contribution < -0.4 is 0 Å². The lowest BCUT2D eigenvalue weighted by Gasteiger charge is -2.13. The summed E-state index contributed by atoms with van der Waals surface area (Å²) in [6, 6.07) is 11.4. The molecule has 0 bridgehead atoms. The number of aryl methyl sites for hydroxylation is 1. The van der Waals surface area contributed by atoms with Crippen molar-refractivity contribution in [3.63, 3.8) is 0 Å². The molecule has 2 heterocycles. The van der Waals surface area contributed by atoms with Gasteiger partial charge in [-0.05, 0) is 18.9 Å². The van der Waals surface area contributed by atoms with E-state index in [-0.39, 0.29) is 0 Å². The molecule has 0 aliphatic rings. The van der Waals surface area contributed by atoms with Gasteiger partial charge in [-0.2, -0.15) is 4.39 Å². The summed E-state index contributed by atoms with van der Waals surface area (Å²) < 4.78 is 13.4.